The summed E-state index contributed by atoms with van der Waals surface area (Å²) in [7, 11) is 0. The monoisotopic (exact) mass is 258 g/mol. The topological polar surface area (TPSA) is 20.2 Å². The molecule has 0 aromatic heterocycles. The molecule has 1 saturated carbocycles. The molecule has 0 heterocycles. The van der Waals surface area contributed by atoms with Crippen LogP contribution < -0.4 is 0 Å². The van der Waals surface area contributed by atoms with E-state index in [2.05, 4.69) is 6.92 Å². The average Bonchev–Trinajstić information content (AvgIpc) is 2.26. The average molecular weight is 259 g/mol. The first-order chi connectivity index (χ1) is 7.54. The highest BCUT2D eigenvalue weighted by molar-refractivity contribution is 6.33. The maximum atomic E-state index is 10.8. The van der Waals surface area contributed by atoms with Gasteiger partial charge in [0.2, 0.25) is 0 Å². The van der Waals surface area contributed by atoms with Gasteiger partial charge in [-0.15, -0.1) is 0 Å². The number of benzene rings is 1. The molecule has 0 aliphatic heterocycles. The standard InChI is InChI=1S/C13H16Cl2O/c1-9-4-2-3-7-13(9,16)11-8-10(14)5-6-12(11)15/h5-6,8-9,16H,2-4,7H2,1H3. The van der Waals surface area contributed by atoms with Crippen molar-refractivity contribution in [2.24, 2.45) is 5.92 Å². The molecule has 3 heteroatoms. The highest BCUT2D eigenvalue weighted by atomic mass is 35.5. The molecule has 0 saturated heterocycles. The molecule has 2 unspecified atom stereocenters. The molecule has 1 aliphatic rings. The SMILES string of the molecule is CC1CCCCC1(O)c1cc(Cl)ccc1Cl. The van der Waals surface area contributed by atoms with Gasteiger partial charge in [-0.2, -0.15) is 0 Å². The molecular weight excluding hydrogens is 243 g/mol. The van der Waals surface area contributed by atoms with Crippen LogP contribution in [0.1, 0.15) is 38.2 Å². The summed E-state index contributed by atoms with van der Waals surface area (Å²) in [5, 5.41) is 12.0. The molecule has 1 aliphatic carbocycles. The normalized spacial score (nSPS) is 30.4. The van der Waals surface area contributed by atoms with Gasteiger partial charge in [-0.25, -0.2) is 0 Å². The fourth-order valence-corrected chi connectivity index (χ4v) is 3.01. The molecule has 1 nitrogen and oxygen atoms in total. The second-order valence-electron chi connectivity index (χ2n) is 4.70. The molecule has 0 radical (unpaired) electrons. The van der Waals surface area contributed by atoms with E-state index < -0.39 is 5.60 Å². The molecule has 1 aromatic rings. The van der Waals surface area contributed by atoms with Gasteiger partial charge < -0.3 is 5.11 Å². The molecular formula is C13H16Cl2O. The van der Waals surface area contributed by atoms with E-state index in [1.165, 1.54) is 6.42 Å². The number of hydrogen-bond donors (Lipinski definition) is 1. The lowest BCUT2D eigenvalue weighted by Gasteiger charge is -2.39. The molecule has 2 rings (SSSR count). The number of aliphatic hydroxyl groups is 1. The van der Waals surface area contributed by atoms with Gasteiger partial charge in [0.25, 0.3) is 0 Å². The molecule has 16 heavy (non-hydrogen) atoms. The van der Waals surface area contributed by atoms with Crippen molar-refractivity contribution in [3.8, 4) is 0 Å². The van der Waals surface area contributed by atoms with Gasteiger partial charge in [0.15, 0.2) is 0 Å². The van der Waals surface area contributed by atoms with Crippen molar-refractivity contribution in [2.75, 3.05) is 0 Å². The van der Waals surface area contributed by atoms with Crippen LogP contribution in [0.3, 0.4) is 0 Å². The summed E-state index contributed by atoms with van der Waals surface area (Å²) in [6, 6.07) is 5.31. The van der Waals surface area contributed by atoms with Crippen molar-refractivity contribution >= 4 is 23.2 Å². The van der Waals surface area contributed by atoms with Crippen molar-refractivity contribution in [1.82, 2.24) is 0 Å². The van der Waals surface area contributed by atoms with Crippen molar-refractivity contribution < 1.29 is 5.11 Å². The predicted molar refractivity (Wildman–Crippen MR) is 68.0 cm³/mol. The quantitative estimate of drug-likeness (QED) is 0.792. The number of hydrogen-bond acceptors (Lipinski definition) is 1. The van der Waals surface area contributed by atoms with Crippen LogP contribution in [0.4, 0.5) is 0 Å². The van der Waals surface area contributed by atoms with Crippen LogP contribution in [0.5, 0.6) is 0 Å². The summed E-state index contributed by atoms with van der Waals surface area (Å²) in [5.74, 6) is 0.234. The summed E-state index contributed by atoms with van der Waals surface area (Å²) in [6.07, 6.45) is 4.04. The van der Waals surface area contributed by atoms with E-state index in [9.17, 15) is 5.11 Å². The van der Waals surface area contributed by atoms with Crippen LogP contribution in [-0.2, 0) is 5.60 Å². The minimum atomic E-state index is -0.805. The Balaban J connectivity index is 2.44. The summed E-state index contributed by atoms with van der Waals surface area (Å²) in [6.45, 7) is 2.08. The maximum absolute atomic E-state index is 10.8. The minimum absolute atomic E-state index is 0.234. The van der Waals surface area contributed by atoms with Crippen LogP contribution in [0.2, 0.25) is 10.0 Å². The smallest absolute Gasteiger partial charge is 0.0936 e. The van der Waals surface area contributed by atoms with Crippen LogP contribution in [0.15, 0.2) is 18.2 Å². The summed E-state index contributed by atoms with van der Waals surface area (Å²) in [4.78, 5) is 0. The Kier molecular flexibility index (Phi) is 3.48. The van der Waals surface area contributed by atoms with Gasteiger partial charge >= 0.3 is 0 Å². The Bertz CT molecular complexity index is 392. The van der Waals surface area contributed by atoms with E-state index >= 15 is 0 Å². The molecule has 1 aromatic carbocycles. The second kappa shape index (κ2) is 4.56. The lowest BCUT2D eigenvalue weighted by Crippen LogP contribution is -2.36. The van der Waals surface area contributed by atoms with Crippen molar-refractivity contribution in [3.63, 3.8) is 0 Å². The zero-order chi connectivity index (χ0) is 11.8. The van der Waals surface area contributed by atoms with Gasteiger partial charge in [-0.3, -0.25) is 0 Å². The molecule has 88 valence electrons. The van der Waals surface area contributed by atoms with E-state index in [4.69, 9.17) is 23.2 Å². The predicted octanol–water partition coefficient (Wildman–Crippen LogP) is 4.39. The van der Waals surface area contributed by atoms with Gasteiger partial charge in [0.05, 0.1) is 5.60 Å². The molecule has 1 N–H and O–H groups in total. The van der Waals surface area contributed by atoms with Gasteiger partial charge in [0, 0.05) is 15.6 Å². The lowest BCUT2D eigenvalue weighted by atomic mass is 9.72. The second-order valence-corrected chi connectivity index (χ2v) is 5.54. The third kappa shape index (κ3) is 2.09. The highest BCUT2D eigenvalue weighted by Crippen LogP contribution is 2.44. The highest BCUT2D eigenvalue weighted by Gasteiger charge is 2.39. The first-order valence-corrected chi connectivity index (χ1v) is 6.47. The van der Waals surface area contributed by atoms with E-state index in [0.29, 0.717) is 10.0 Å². The van der Waals surface area contributed by atoms with Crippen LogP contribution in [0, 0.1) is 5.92 Å². The molecule has 0 amide bonds. The van der Waals surface area contributed by atoms with E-state index in [0.717, 1.165) is 24.8 Å². The van der Waals surface area contributed by atoms with Gasteiger partial charge in [-0.1, -0.05) is 43.0 Å². The Morgan fingerprint density at radius 3 is 2.75 bits per heavy atom. The third-order valence-electron chi connectivity index (χ3n) is 3.66. The zero-order valence-electron chi connectivity index (χ0n) is 9.34. The summed E-state index contributed by atoms with van der Waals surface area (Å²) < 4.78 is 0. The summed E-state index contributed by atoms with van der Waals surface area (Å²) >= 11 is 12.1. The first kappa shape index (κ1) is 12.2. The third-order valence-corrected chi connectivity index (χ3v) is 4.22. The van der Waals surface area contributed by atoms with E-state index in [-0.39, 0.29) is 5.92 Å². The van der Waals surface area contributed by atoms with E-state index in [1.54, 1.807) is 18.2 Å². The number of halogens is 2. The minimum Gasteiger partial charge on any atom is -0.385 e. The Labute approximate surface area is 106 Å². The first-order valence-electron chi connectivity index (χ1n) is 5.72. The fraction of sp³-hybridized carbons (Fsp3) is 0.538. The molecule has 0 bridgehead atoms. The van der Waals surface area contributed by atoms with Crippen molar-refractivity contribution in [1.29, 1.82) is 0 Å². The van der Waals surface area contributed by atoms with Crippen molar-refractivity contribution in [2.45, 2.75) is 38.2 Å². The Morgan fingerprint density at radius 2 is 2.06 bits per heavy atom. The number of rotatable bonds is 1. The van der Waals surface area contributed by atoms with Crippen LogP contribution in [0.25, 0.3) is 0 Å². The van der Waals surface area contributed by atoms with Crippen LogP contribution in [-0.4, -0.2) is 5.11 Å². The van der Waals surface area contributed by atoms with Gasteiger partial charge in [-0.05, 0) is 37.0 Å². The molecule has 2 atom stereocenters. The van der Waals surface area contributed by atoms with Crippen LogP contribution >= 0.6 is 23.2 Å². The lowest BCUT2D eigenvalue weighted by molar-refractivity contribution is -0.0468. The summed E-state index contributed by atoms with van der Waals surface area (Å²) in [5.41, 5.74) is -0.0193. The largest absolute Gasteiger partial charge is 0.385 e. The zero-order valence-corrected chi connectivity index (χ0v) is 10.9. The van der Waals surface area contributed by atoms with Crippen molar-refractivity contribution in [3.05, 3.63) is 33.8 Å². The Morgan fingerprint density at radius 1 is 1.31 bits per heavy atom. The molecule has 1 fully saturated rings. The van der Waals surface area contributed by atoms with Gasteiger partial charge in [0.1, 0.15) is 0 Å². The molecule has 0 spiro atoms. The maximum Gasteiger partial charge on any atom is 0.0936 e. The van der Waals surface area contributed by atoms with E-state index in [1.807, 2.05) is 0 Å². The fourth-order valence-electron chi connectivity index (χ4n) is 2.56. The Hall–Kier alpha value is -0.240.